The highest BCUT2D eigenvalue weighted by molar-refractivity contribution is 5.76. The standard InChI is InChI=1S/C19H23F2N3O/c20-17-7-6-16(18(21)13-17)5-4-15-3-1-10-23(14-15)19(25)8-12-24-11-2-9-22-24/h2,6-7,9,11,13,15H,1,3-5,8,10,12,14H2/t15-/m0/s1. The van der Waals surface area contributed by atoms with Crippen molar-refractivity contribution in [2.45, 2.75) is 38.6 Å². The van der Waals surface area contributed by atoms with Crippen LogP contribution in [0, 0.1) is 17.6 Å². The number of hydrogen-bond acceptors (Lipinski definition) is 2. The average Bonchev–Trinajstić information content (AvgIpc) is 3.13. The minimum Gasteiger partial charge on any atom is -0.342 e. The molecule has 1 saturated heterocycles. The Labute approximate surface area is 146 Å². The molecule has 25 heavy (non-hydrogen) atoms. The summed E-state index contributed by atoms with van der Waals surface area (Å²) in [4.78, 5) is 14.3. The minimum atomic E-state index is -0.548. The largest absolute Gasteiger partial charge is 0.342 e. The second-order valence-corrected chi connectivity index (χ2v) is 6.64. The van der Waals surface area contributed by atoms with E-state index in [1.54, 1.807) is 10.9 Å². The van der Waals surface area contributed by atoms with Gasteiger partial charge in [0, 0.05) is 44.5 Å². The molecule has 0 unspecified atom stereocenters. The summed E-state index contributed by atoms with van der Waals surface area (Å²) in [6.45, 7) is 2.11. The number of piperidine rings is 1. The quantitative estimate of drug-likeness (QED) is 0.803. The molecule has 6 heteroatoms. The predicted molar refractivity (Wildman–Crippen MR) is 90.8 cm³/mol. The van der Waals surface area contributed by atoms with Crippen molar-refractivity contribution in [1.29, 1.82) is 0 Å². The first-order valence-corrected chi connectivity index (χ1v) is 8.81. The van der Waals surface area contributed by atoms with Gasteiger partial charge in [-0.05, 0) is 49.3 Å². The molecule has 3 rings (SSSR count). The van der Waals surface area contributed by atoms with Crippen molar-refractivity contribution >= 4 is 5.91 Å². The fourth-order valence-corrected chi connectivity index (χ4v) is 3.41. The van der Waals surface area contributed by atoms with Gasteiger partial charge in [0.25, 0.3) is 0 Å². The molecule has 1 fully saturated rings. The molecule has 2 heterocycles. The molecule has 1 aliphatic rings. The molecule has 1 aromatic heterocycles. The predicted octanol–water partition coefficient (Wildman–Crippen LogP) is 3.42. The van der Waals surface area contributed by atoms with Crippen LogP contribution in [0.1, 0.15) is 31.2 Å². The van der Waals surface area contributed by atoms with Gasteiger partial charge in [0.05, 0.1) is 0 Å². The molecule has 134 valence electrons. The second-order valence-electron chi connectivity index (χ2n) is 6.64. The number of carbonyl (C=O) groups is 1. The summed E-state index contributed by atoms with van der Waals surface area (Å²) >= 11 is 0. The number of nitrogens with zero attached hydrogens (tertiary/aromatic N) is 3. The zero-order chi connectivity index (χ0) is 17.6. The Bertz CT molecular complexity index is 703. The molecule has 0 bridgehead atoms. The van der Waals surface area contributed by atoms with Gasteiger partial charge in [-0.1, -0.05) is 6.07 Å². The van der Waals surface area contributed by atoms with Crippen LogP contribution in [0.25, 0.3) is 0 Å². The number of aromatic nitrogens is 2. The van der Waals surface area contributed by atoms with Crippen LogP contribution in [0.15, 0.2) is 36.7 Å². The van der Waals surface area contributed by atoms with E-state index in [4.69, 9.17) is 0 Å². The SMILES string of the molecule is O=C(CCn1cccn1)N1CCC[C@@H](CCc2ccc(F)cc2F)C1. The van der Waals surface area contributed by atoms with Gasteiger partial charge in [0.2, 0.25) is 5.91 Å². The molecule has 0 spiro atoms. The van der Waals surface area contributed by atoms with Crippen molar-refractivity contribution in [3.63, 3.8) is 0 Å². The number of halogens is 2. The summed E-state index contributed by atoms with van der Waals surface area (Å²) in [5.41, 5.74) is 0.545. The first-order valence-electron chi connectivity index (χ1n) is 8.81. The van der Waals surface area contributed by atoms with Crippen molar-refractivity contribution in [2.24, 2.45) is 5.92 Å². The lowest BCUT2D eigenvalue weighted by atomic mass is 9.91. The van der Waals surface area contributed by atoms with E-state index in [0.29, 0.717) is 30.9 Å². The van der Waals surface area contributed by atoms with Gasteiger partial charge in [-0.2, -0.15) is 5.10 Å². The van der Waals surface area contributed by atoms with Crippen LogP contribution in [-0.4, -0.2) is 33.7 Å². The zero-order valence-corrected chi connectivity index (χ0v) is 14.2. The summed E-state index contributed by atoms with van der Waals surface area (Å²) in [7, 11) is 0. The number of benzene rings is 1. The van der Waals surface area contributed by atoms with E-state index in [1.807, 2.05) is 17.2 Å². The van der Waals surface area contributed by atoms with Gasteiger partial charge >= 0.3 is 0 Å². The molecule has 2 aromatic rings. The molecule has 0 N–H and O–H groups in total. The van der Waals surface area contributed by atoms with E-state index in [2.05, 4.69) is 5.10 Å². The molecule has 1 aromatic carbocycles. The van der Waals surface area contributed by atoms with Crippen LogP contribution in [-0.2, 0) is 17.8 Å². The van der Waals surface area contributed by atoms with Crippen LogP contribution in [0.3, 0.4) is 0 Å². The number of rotatable bonds is 6. The Balaban J connectivity index is 1.48. The fourth-order valence-electron chi connectivity index (χ4n) is 3.41. The molecule has 0 aliphatic carbocycles. The second kappa shape index (κ2) is 8.23. The molecule has 1 aliphatic heterocycles. The first kappa shape index (κ1) is 17.6. The van der Waals surface area contributed by atoms with Crippen molar-refractivity contribution in [2.75, 3.05) is 13.1 Å². The maximum absolute atomic E-state index is 13.7. The van der Waals surface area contributed by atoms with Crippen LogP contribution >= 0.6 is 0 Å². The Kier molecular flexibility index (Phi) is 5.79. The smallest absolute Gasteiger partial charge is 0.224 e. The average molecular weight is 347 g/mol. The fraction of sp³-hybridized carbons (Fsp3) is 0.474. The highest BCUT2D eigenvalue weighted by Crippen LogP contribution is 2.23. The maximum atomic E-state index is 13.7. The van der Waals surface area contributed by atoms with Gasteiger partial charge in [-0.3, -0.25) is 9.48 Å². The number of carbonyl (C=O) groups excluding carboxylic acids is 1. The lowest BCUT2D eigenvalue weighted by Gasteiger charge is -2.33. The van der Waals surface area contributed by atoms with E-state index in [0.717, 1.165) is 38.4 Å². The van der Waals surface area contributed by atoms with Gasteiger partial charge in [0.15, 0.2) is 0 Å². The first-order chi connectivity index (χ1) is 12.1. The minimum absolute atomic E-state index is 0.146. The van der Waals surface area contributed by atoms with Gasteiger partial charge in [0.1, 0.15) is 11.6 Å². The zero-order valence-electron chi connectivity index (χ0n) is 14.2. The molecular weight excluding hydrogens is 324 g/mol. The van der Waals surface area contributed by atoms with E-state index in [1.165, 1.54) is 12.1 Å². The summed E-state index contributed by atoms with van der Waals surface area (Å²) < 4.78 is 28.5. The summed E-state index contributed by atoms with van der Waals surface area (Å²) in [6.07, 6.45) is 7.41. The Morgan fingerprint density at radius 3 is 2.96 bits per heavy atom. The van der Waals surface area contributed by atoms with E-state index in [9.17, 15) is 13.6 Å². The lowest BCUT2D eigenvalue weighted by Crippen LogP contribution is -2.40. The maximum Gasteiger partial charge on any atom is 0.224 e. The third-order valence-electron chi connectivity index (χ3n) is 4.82. The Morgan fingerprint density at radius 1 is 1.32 bits per heavy atom. The lowest BCUT2D eigenvalue weighted by molar-refractivity contribution is -0.133. The molecule has 4 nitrogen and oxygen atoms in total. The monoisotopic (exact) mass is 347 g/mol. The molecular formula is C19H23F2N3O. The van der Waals surface area contributed by atoms with Crippen molar-refractivity contribution in [3.8, 4) is 0 Å². The summed E-state index contributed by atoms with van der Waals surface area (Å²) in [6, 6.07) is 5.59. The van der Waals surface area contributed by atoms with Crippen molar-refractivity contribution in [1.82, 2.24) is 14.7 Å². The van der Waals surface area contributed by atoms with E-state index < -0.39 is 11.6 Å². The molecule has 1 amide bonds. The topological polar surface area (TPSA) is 38.1 Å². The van der Waals surface area contributed by atoms with E-state index in [-0.39, 0.29) is 5.91 Å². The Hall–Kier alpha value is -2.24. The van der Waals surface area contributed by atoms with Crippen LogP contribution < -0.4 is 0 Å². The highest BCUT2D eigenvalue weighted by atomic mass is 19.1. The number of hydrogen-bond donors (Lipinski definition) is 0. The third-order valence-corrected chi connectivity index (χ3v) is 4.82. The number of likely N-dealkylation sites (tertiary alicyclic amines) is 1. The summed E-state index contributed by atoms with van der Waals surface area (Å²) in [5.74, 6) is -0.518. The van der Waals surface area contributed by atoms with Crippen LogP contribution in [0.5, 0.6) is 0 Å². The summed E-state index contributed by atoms with van der Waals surface area (Å²) in [5, 5.41) is 4.11. The highest BCUT2D eigenvalue weighted by Gasteiger charge is 2.23. The van der Waals surface area contributed by atoms with E-state index >= 15 is 0 Å². The van der Waals surface area contributed by atoms with Gasteiger partial charge < -0.3 is 4.90 Å². The molecule has 1 atom stereocenters. The van der Waals surface area contributed by atoms with Crippen molar-refractivity contribution in [3.05, 3.63) is 53.9 Å². The Morgan fingerprint density at radius 2 is 2.20 bits per heavy atom. The molecule has 0 saturated carbocycles. The molecule has 0 radical (unpaired) electrons. The van der Waals surface area contributed by atoms with Crippen LogP contribution in [0.2, 0.25) is 0 Å². The number of amides is 1. The third kappa shape index (κ3) is 4.87. The number of aryl methyl sites for hydroxylation is 2. The normalized spacial score (nSPS) is 17.7. The van der Waals surface area contributed by atoms with Crippen molar-refractivity contribution < 1.29 is 13.6 Å². The van der Waals surface area contributed by atoms with Gasteiger partial charge in [-0.25, -0.2) is 8.78 Å². The van der Waals surface area contributed by atoms with Gasteiger partial charge in [-0.15, -0.1) is 0 Å². The van der Waals surface area contributed by atoms with Crippen LogP contribution in [0.4, 0.5) is 8.78 Å².